The third-order valence-corrected chi connectivity index (χ3v) is 12.7. The smallest absolute Gasteiger partial charge is 0.407 e. The number of rotatable bonds is 48. The number of carboxylic acid groups (broad SMARTS) is 1. The Hall–Kier alpha value is -8.71. The molecule has 0 aliphatic rings. The maximum absolute atomic E-state index is 12.4. The van der Waals surface area contributed by atoms with Gasteiger partial charge in [-0.25, -0.2) is 33.9 Å². The lowest BCUT2D eigenvalue weighted by molar-refractivity contribution is -0.337. The van der Waals surface area contributed by atoms with E-state index in [1.54, 1.807) is 19.1 Å². The molecule has 0 aliphatic carbocycles. The van der Waals surface area contributed by atoms with Gasteiger partial charge in [-0.05, 0) is 73.1 Å². The molecule has 3 amide bonds. The molecule has 3 rings (SSSR count). The first-order valence-corrected chi connectivity index (χ1v) is 28.5. The van der Waals surface area contributed by atoms with Gasteiger partial charge < -0.3 is 60.9 Å². The van der Waals surface area contributed by atoms with Crippen molar-refractivity contribution in [1.29, 1.82) is 0 Å². The van der Waals surface area contributed by atoms with Gasteiger partial charge in [0.25, 0.3) is 0 Å². The monoisotopic (exact) mass is 1280 g/mol. The Morgan fingerprint density at radius 1 is 0.505 bits per heavy atom. The predicted octanol–water partition coefficient (Wildman–Crippen LogP) is 7.80. The summed E-state index contributed by atoms with van der Waals surface area (Å²) < 4.78 is 15.4. The van der Waals surface area contributed by atoms with E-state index < -0.39 is 41.0 Å². The van der Waals surface area contributed by atoms with Crippen LogP contribution in [0.25, 0.3) is 0 Å². The van der Waals surface area contributed by atoms with Gasteiger partial charge in [0.2, 0.25) is 19.2 Å². The number of carboxylic acids is 1. The number of aryl methyl sites for hydroxylation is 1. The largest absolute Gasteiger partial charge is 0.481 e. The van der Waals surface area contributed by atoms with Gasteiger partial charge in [0.15, 0.2) is 11.6 Å². The van der Waals surface area contributed by atoms with Crippen molar-refractivity contribution in [2.24, 2.45) is 31.7 Å². The Bertz CT molecular complexity index is 2620. The van der Waals surface area contributed by atoms with E-state index in [0.29, 0.717) is 39.0 Å². The van der Waals surface area contributed by atoms with Crippen LogP contribution in [0.4, 0.5) is 14.4 Å². The standard InChI is InChI=1S/C36H45N3O10.C27H41N3O10.2H2O/c1-5-32(40)18-36(7-3,19-33(41)6-2)24-47-49-26-38-21-29-12-14-30(15-13-29)22-39-35(44)45-17-16-31(34(42)43)23-46-48-25-37-20-28-10-8-27(4)9-11-28;1-5-13-35-38-20-27(7-3,21-39-36-14-6-2)19-34-26(32)30-18-24-11-9-23(10-12-24)17-28-22-40-37-16-15-33-25(31)29-8-4;;/h5-6,8-15,25-26,31H,1-2,7,16-24H2,3-4H3,(H,39,44)(H,42,43);5-6,9-12,22H,1-2,7-8,13-21H2,3-4H3,(H,29,31)(H,30,32);2*1H2. The maximum atomic E-state index is 12.4. The van der Waals surface area contributed by atoms with Gasteiger partial charge in [-0.15, -0.1) is 13.2 Å². The number of carbonyl (C=O) groups excluding carboxylic acids is 5. The molecule has 0 saturated heterocycles. The van der Waals surface area contributed by atoms with E-state index in [2.05, 4.69) is 57.2 Å². The van der Waals surface area contributed by atoms with E-state index in [-0.39, 0.29) is 121 Å². The second-order valence-electron chi connectivity index (χ2n) is 19.6. The van der Waals surface area contributed by atoms with E-state index in [1.807, 2.05) is 93.6 Å². The number of aliphatic imine (C=N–C) groups is 3. The second-order valence-corrected chi connectivity index (χ2v) is 19.6. The highest BCUT2D eigenvalue weighted by molar-refractivity contribution is 5.92. The van der Waals surface area contributed by atoms with Crippen LogP contribution in [0.5, 0.6) is 0 Å². The molecule has 91 heavy (non-hydrogen) atoms. The van der Waals surface area contributed by atoms with Crippen molar-refractivity contribution in [1.82, 2.24) is 16.0 Å². The fourth-order valence-electron chi connectivity index (χ4n) is 7.12. The fraction of sp³-hybridized carbons (Fsp3) is 0.444. The zero-order valence-electron chi connectivity index (χ0n) is 52.3. The molecule has 0 fully saturated rings. The summed E-state index contributed by atoms with van der Waals surface area (Å²) in [5.74, 6) is -2.45. The van der Waals surface area contributed by atoms with E-state index in [9.17, 15) is 33.9 Å². The number of ether oxygens (including phenoxy) is 3. The van der Waals surface area contributed by atoms with Crippen molar-refractivity contribution in [2.45, 2.75) is 92.5 Å². The number of hydrogen-bond donors (Lipinski definition) is 4. The minimum absolute atomic E-state index is 0. The molecular weight excluding hydrogens is 1190 g/mol. The maximum Gasteiger partial charge on any atom is 0.407 e. The summed E-state index contributed by atoms with van der Waals surface area (Å²) in [6.07, 6.45) is 8.49. The molecule has 0 aromatic heterocycles. The average Bonchev–Trinajstić information content (AvgIpc) is 2.75. The lowest BCUT2D eigenvalue weighted by atomic mass is 9.77. The van der Waals surface area contributed by atoms with Gasteiger partial charge in [0.1, 0.15) is 46.2 Å². The summed E-state index contributed by atoms with van der Waals surface area (Å²) in [4.78, 5) is 134. The van der Waals surface area contributed by atoms with Crippen LogP contribution in [0.2, 0.25) is 0 Å². The third-order valence-electron chi connectivity index (χ3n) is 12.7. The van der Waals surface area contributed by atoms with Gasteiger partial charge in [-0.2, -0.15) is 14.7 Å². The SMILES string of the molecule is C=CC(=O)CC(CC)(COOC=NCc1ccc(CNC(=O)OCCC(COOC=NCc2ccc(C)cc2)C(=O)O)cc1)CC(=O)C=C.C=CCOOCC(CC)(COOCC=C)COC(=O)NCc1ccc(CN=COOCCOC(=O)NCC)cc1.O.O. The Morgan fingerprint density at radius 2 is 0.923 bits per heavy atom. The fourth-order valence-corrected chi connectivity index (χ4v) is 7.12. The molecule has 0 saturated carbocycles. The highest BCUT2D eigenvalue weighted by Crippen LogP contribution is 2.33. The molecule has 3 aromatic rings. The van der Waals surface area contributed by atoms with Crippen LogP contribution >= 0.6 is 0 Å². The molecule has 1 unspecified atom stereocenters. The Kier molecular flexibility index (Phi) is 46.2. The van der Waals surface area contributed by atoms with Gasteiger partial charge in [0, 0.05) is 37.9 Å². The zero-order valence-corrected chi connectivity index (χ0v) is 52.3. The number of allylic oxidation sites excluding steroid dienone is 2. The van der Waals surface area contributed by atoms with Crippen LogP contribution in [0.15, 0.2) is 138 Å². The summed E-state index contributed by atoms with van der Waals surface area (Å²) in [6, 6.07) is 22.6. The van der Waals surface area contributed by atoms with Gasteiger partial charge in [0.05, 0.1) is 50.8 Å². The van der Waals surface area contributed by atoms with Gasteiger partial charge in [-0.1, -0.05) is 118 Å². The number of benzene rings is 3. The summed E-state index contributed by atoms with van der Waals surface area (Å²) in [5, 5.41) is 17.2. The number of carbonyl (C=O) groups is 6. The number of nitrogens with one attached hydrogen (secondary N) is 3. The predicted molar refractivity (Wildman–Crippen MR) is 335 cm³/mol. The Labute approximate surface area is 530 Å². The molecule has 0 aliphatic heterocycles. The number of amides is 3. The summed E-state index contributed by atoms with van der Waals surface area (Å²) >= 11 is 0. The third kappa shape index (κ3) is 39.1. The first-order valence-electron chi connectivity index (χ1n) is 28.5. The molecule has 3 aromatic carbocycles. The second kappa shape index (κ2) is 51.1. The summed E-state index contributed by atoms with van der Waals surface area (Å²) in [6.45, 7) is 24.2. The number of hydrogen-bond acceptors (Lipinski definition) is 22. The lowest BCUT2D eigenvalue weighted by Gasteiger charge is -2.30. The van der Waals surface area contributed by atoms with Gasteiger partial charge in [-0.3, -0.25) is 29.4 Å². The van der Waals surface area contributed by atoms with Crippen LogP contribution in [-0.4, -0.2) is 144 Å². The topological polar surface area (TPSA) is 379 Å². The average molecular weight is 1280 g/mol. The molecule has 0 bridgehead atoms. The molecule has 8 N–H and O–H groups in total. The highest BCUT2D eigenvalue weighted by Gasteiger charge is 2.34. The molecule has 0 radical (unpaired) electrons. The molecule has 1 atom stereocenters. The van der Waals surface area contributed by atoms with E-state index >= 15 is 0 Å². The van der Waals surface area contributed by atoms with Crippen LogP contribution < -0.4 is 16.0 Å². The van der Waals surface area contributed by atoms with Crippen molar-refractivity contribution in [2.75, 3.05) is 72.6 Å². The van der Waals surface area contributed by atoms with Crippen LogP contribution in [0.1, 0.15) is 86.3 Å². The highest BCUT2D eigenvalue weighted by atomic mass is 17.2. The zero-order chi connectivity index (χ0) is 65.2. The van der Waals surface area contributed by atoms with Crippen LogP contribution in [0, 0.1) is 23.7 Å². The lowest BCUT2D eigenvalue weighted by Crippen LogP contribution is -2.39. The molecular formula is C63H90N6O22. The molecule has 0 spiro atoms. The number of aliphatic carboxylic acids is 1. The van der Waals surface area contributed by atoms with Gasteiger partial charge >= 0.3 is 24.2 Å². The first-order chi connectivity index (χ1) is 43.1. The molecule has 28 heteroatoms. The molecule has 0 heterocycles. The number of ketones is 2. The van der Waals surface area contributed by atoms with Crippen LogP contribution in [0.3, 0.4) is 0 Å². The quantitative estimate of drug-likeness (QED) is 0.00612. The van der Waals surface area contributed by atoms with Crippen molar-refractivity contribution in [3.63, 3.8) is 0 Å². The van der Waals surface area contributed by atoms with Crippen molar-refractivity contribution < 1.29 is 108 Å². The number of nitrogens with zero attached hydrogens (tertiary/aromatic N) is 3. The molecule has 28 nitrogen and oxygen atoms in total. The van der Waals surface area contributed by atoms with E-state index in [1.165, 1.54) is 18.6 Å². The summed E-state index contributed by atoms with van der Waals surface area (Å²) in [7, 11) is 0. The summed E-state index contributed by atoms with van der Waals surface area (Å²) in [5.41, 5.74) is 4.18. The Balaban J connectivity index is 0.00000178. The molecule has 504 valence electrons. The normalized spacial score (nSPS) is 11.3. The van der Waals surface area contributed by atoms with Crippen molar-refractivity contribution in [3.8, 4) is 0 Å². The minimum Gasteiger partial charge on any atom is -0.481 e. The number of alkyl carbamates (subject to hydrolysis) is 3. The first kappa shape index (κ1) is 82.3. The van der Waals surface area contributed by atoms with Crippen molar-refractivity contribution >= 4 is 55.0 Å². The minimum atomic E-state index is -1.11. The van der Waals surface area contributed by atoms with E-state index in [4.69, 9.17) is 63.1 Å². The Morgan fingerprint density at radius 3 is 1.37 bits per heavy atom. The van der Waals surface area contributed by atoms with Crippen LogP contribution in [-0.2, 0) is 110 Å². The van der Waals surface area contributed by atoms with Crippen molar-refractivity contribution in [3.05, 3.63) is 157 Å². The van der Waals surface area contributed by atoms with E-state index in [0.717, 1.165) is 46.2 Å².